The average molecular weight is 343 g/mol. The minimum atomic E-state index is -0.0973. The van der Waals surface area contributed by atoms with Crippen LogP contribution in [0.4, 0.5) is 0 Å². The second kappa shape index (κ2) is 7.33. The van der Waals surface area contributed by atoms with E-state index in [0.29, 0.717) is 25.5 Å². The lowest BCUT2D eigenvalue weighted by molar-refractivity contribution is -0.0989. The fraction of sp³-hybridized carbons (Fsp3) is 0.500. The van der Waals surface area contributed by atoms with Crippen molar-refractivity contribution in [2.45, 2.75) is 44.1 Å². The smallest absolute Gasteiger partial charge is 0.292 e. The largest absolute Gasteiger partial charge is 0.374 e. The van der Waals surface area contributed by atoms with Crippen LogP contribution >= 0.6 is 0 Å². The van der Waals surface area contributed by atoms with Crippen molar-refractivity contribution in [3.63, 3.8) is 0 Å². The van der Waals surface area contributed by atoms with E-state index in [9.17, 15) is 4.79 Å². The van der Waals surface area contributed by atoms with Crippen molar-refractivity contribution in [2.24, 2.45) is 0 Å². The highest BCUT2D eigenvalue weighted by Crippen LogP contribution is 2.32. The molecule has 2 aliphatic heterocycles. The normalized spacial score (nSPS) is 25.8. The molecule has 1 amide bonds. The van der Waals surface area contributed by atoms with Gasteiger partial charge in [-0.15, -0.1) is 0 Å². The Morgan fingerprint density at radius 2 is 2.24 bits per heavy atom. The van der Waals surface area contributed by atoms with Crippen LogP contribution in [0.1, 0.15) is 35.4 Å². The Kier molecular flexibility index (Phi) is 4.76. The van der Waals surface area contributed by atoms with Crippen LogP contribution in [0.25, 0.3) is 0 Å². The molecule has 7 nitrogen and oxygen atoms in total. The quantitative estimate of drug-likeness (QED) is 0.827. The van der Waals surface area contributed by atoms with Gasteiger partial charge in [-0.3, -0.25) is 9.78 Å². The number of aromatic nitrogens is 2. The summed E-state index contributed by atoms with van der Waals surface area (Å²) in [5.41, 5.74) is 1.06. The number of hydrogen-bond donors (Lipinski definition) is 0. The first kappa shape index (κ1) is 16.2. The summed E-state index contributed by atoms with van der Waals surface area (Å²) >= 11 is 0. The molecule has 2 saturated heterocycles. The maximum atomic E-state index is 12.5. The van der Waals surface area contributed by atoms with E-state index < -0.39 is 0 Å². The average Bonchev–Trinajstić information content (AvgIpc) is 3.32. The van der Waals surface area contributed by atoms with Gasteiger partial charge in [0.15, 0.2) is 0 Å². The zero-order valence-corrected chi connectivity index (χ0v) is 13.9. The molecule has 1 unspecified atom stereocenters. The number of ether oxygens (including phenoxy) is 2. The summed E-state index contributed by atoms with van der Waals surface area (Å²) in [4.78, 5) is 18.4. The Hall–Kier alpha value is -2.25. The van der Waals surface area contributed by atoms with Crippen LogP contribution < -0.4 is 0 Å². The fourth-order valence-electron chi connectivity index (χ4n) is 3.63. The second-order valence-corrected chi connectivity index (χ2v) is 6.48. The van der Waals surface area contributed by atoms with Crippen molar-refractivity contribution in [3.8, 4) is 0 Å². The Morgan fingerprint density at radius 1 is 1.28 bits per heavy atom. The van der Waals surface area contributed by atoms with Gasteiger partial charge in [0.05, 0.1) is 37.7 Å². The highest BCUT2D eigenvalue weighted by Gasteiger charge is 2.42. The van der Waals surface area contributed by atoms with Gasteiger partial charge in [-0.25, -0.2) is 0 Å². The number of amides is 1. The molecule has 7 heteroatoms. The molecule has 2 fully saturated rings. The fourth-order valence-corrected chi connectivity index (χ4v) is 3.63. The monoisotopic (exact) mass is 343 g/mol. The van der Waals surface area contributed by atoms with Crippen molar-refractivity contribution in [1.29, 1.82) is 0 Å². The van der Waals surface area contributed by atoms with Gasteiger partial charge in [0.1, 0.15) is 0 Å². The molecule has 0 aromatic carbocycles. The third-order valence-electron chi connectivity index (χ3n) is 4.84. The summed E-state index contributed by atoms with van der Waals surface area (Å²) in [6, 6.07) is 5.62. The molecule has 25 heavy (non-hydrogen) atoms. The minimum absolute atomic E-state index is 0.0765. The standard InChI is InChI=1S/C18H21N3O4/c22-18(17-5-8-20-25-17)21-9-6-16-15(21)4-3-14(24-16)12-23-11-13-2-1-7-19-10-13/h1-2,5,7-8,10,14-16H,3-4,6,9,11-12H2/t14?,15-,16-/m0/s1. The van der Waals surface area contributed by atoms with Crippen LogP contribution in [0, 0.1) is 0 Å². The van der Waals surface area contributed by atoms with Crippen molar-refractivity contribution in [2.75, 3.05) is 13.2 Å². The van der Waals surface area contributed by atoms with Crippen molar-refractivity contribution in [3.05, 3.63) is 48.1 Å². The topological polar surface area (TPSA) is 77.7 Å². The van der Waals surface area contributed by atoms with Crippen molar-refractivity contribution in [1.82, 2.24) is 15.0 Å². The Morgan fingerprint density at radius 3 is 3.04 bits per heavy atom. The molecule has 2 aromatic heterocycles. The van der Waals surface area contributed by atoms with Gasteiger partial charge >= 0.3 is 0 Å². The minimum Gasteiger partial charge on any atom is -0.374 e. The van der Waals surface area contributed by atoms with Gasteiger partial charge in [0.25, 0.3) is 5.91 Å². The summed E-state index contributed by atoms with van der Waals surface area (Å²) in [6.07, 6.45) is 7.87. The number of likely N-dealkylation sites (tertiary alicyclic amines) is 1. The number of carbonyl (C=O) groups is 1. The lowest BCUT2D eigenvalue weighted by atomic mass is 9.99. The summed E-state index contributed by atoms with van der Waals surface area (Å²) in [6.45, 7) is 1.80. The molecule has 2 aliphatic rings. The first-order chi connectivity index (χ1) is 12.3. The number of nitrogens with zero attached hydrogens (tertiary/aromatic N) is 3. The molecule has 2 aromatic rings. The lowest BCUT2D eigenvalue weighted by Gasteiger charge is -2.35. The van der Waals surface area contributed by atoms with Crippen LogP contribution in [0.2, 0.25) is 0 Å². The van der Waals surface area contributed by atoms with Crippen LogP contribution in [0.3, 0.4) is 0 Å². The van der Waals surface area contributed by atoms with Crippen LogP contribution in [0.5, 0.6) is 0 Å². The molecule has 0 bridgehead atoms. The molecule has 0 spiro atoms. The molecule has 0 N–H and O–H groups in total. The van der Waals surface area contributed by atoms with Crippen molar-refractivity contribution >= 4 is 5.91 Å². The molecular formula is C18H21N3O4. The zero-order chi connectivity index (χ0) is 17.1. The van der Waals surface area contributed by atoms with Crippen LogP contribution in [-0.2, 0) is 16.1 Å². The number of fused-ring (bicyclic) bond motifs is 1. The summed E-state index contributed by atoms with van der Waals surface area (Å²) in [5.74, 6) is 0.197. The third kappa shape index (κ3) is 3.57. The number of rotatable bonds is 5. The van der Waals surface area contributed by atoms with E-state index in [1.807, 2.05) is 23.2 Å². The van der Waals surface area contributed by atoms with Gasteiger partial charge in [0, 0.05) is 25.0 Å². The molecule has 0 radical (unpaired) electrons. The molecule has 3 atom stereocenters. The van der Waals surface area contributed by atoms with Gasteiger partial charge < -0.3 is 18.9 Å². The summed E-state index contributed by atoms with van der Waals surface area (Å²) < 4.78 is 16.9. The highest BCUT2D eigenvalue weighted by molar-refractivity contribution is 5.91. The highest BCUT2D eigenvalue weighted by atomic mass is 16.5. The molecular weight excluding hydrogens is 322 g/mol. The molecule has 4 rings (SSSR count). The first-order valence-corrected chi connectivity index (χ1v) is 8.65. The van der Waals surface area contributed by atoms with Gasteiger partial charge in [-0.2, -0.15) is 0 Å². The van der Waals surface area contributed by atoms with Gasteiger partial charge in [-0.1, -0.05) is 11.2 Å². The van der Waals surface area contributed by atoms with Gasteiger partial charge in [-0.05, 0) is 30.9 Å². The van der Waals surface area contributed by atoms with E-state index in [-0.39, 0.29) is 24.2 Å². The second-order valence-electron chi connectivity index (χ2n) is 6.48. The van der Waals surface area contributed by atoms with E-state index in [1.165, 1.54) is 6.20 Å². The maximum Gasteiger partial charge on any atom is 0.292 e. The van der Waals surface area contributed by atoms with E-state index in [4.69, 9.17) is 14.0 Å². The predicted molar refractivity (Wildman–Crippen MR) is 87.7 cm³/mol. The van der Waals surface area contributed by atoms with Crippen LogP contribution in [-0.4, -0.2) is 52.3 Å². The maximum absolute atomic E-state index is 12.5. The number of hydrogen-bond acceptors (Lipinski definition) is 6. The third-order valence-corrected chi connectivity index (χ3v) is 4.84. The van der Waals surface area contributed by atoms with Gasteiger partial charge in [0.2, 0.25) is 5.76 Å². The zero-order valence-electron chi connectivity index (χ0n) is 13.9. The Bertz CT molecular complexity index is 692. The van der Waals surface area contributed by atoms with E-state index in [1.54, 1.807) is 12.3 Å². The SMILES string of the molecule is O=C(c1ccno1)N1CC[C@@H]2OC(COCc3cccnc3)CC[C@@H]21. The summed E-state index contributed by atoms with van der Waals surface area (Å²) in [7, 11) is 0. The molecule has 132 valence electrons. The lowest BCUT2D eigenvalue weighted by Crippen LogP contribution is -2.45. The Balaban J connectivity index is 1.27. The van der Waals surface area contributed by atoms with E-state index >= 15 is 0 Å². The number of pyridine rings is 1. The molecule has 0 aliphatic carbocycles. The van der Waals surface area contributed by atoms with Crippen LogP contribution in [0.15, 0.2) is 41.3 Å². The number of carbonyl (C=O) groups excluding carboxylic acids is 1. The first-order valence-electron chi connectivity index (χ1n) is 8.65. The van der Waals surface area contributed by atoms with Crippen molar-refractivity contribution < 1.29 is 18.8 Å². The Labute approximate surface area is 145 Å². The predicted octanol–water partition coefficient (Wildman–Crippen LogP) is 2.05. The molecule has 0 saturated carbocycles. The molecule has 4 heterocycles. The van der Waals surface area contributed by atoms with E-state index in [2.05, 4.69) is 10.1 Å². The van der Waals surface area contributed by atoms with E-state index in [0.717, 1.165) is 24.8 Å². The summed E-state index contributed by atoms with van der Waals surface area (Å²) in [5, 5.41) is 3.61.